The molecular weight excluding hydrogens is 392 g/mol. The molecule has 3 aromatic rings. The minimum Gasteiger partial charge on any atom is -0.454 e. The Labute approximate surface area is 174 Å². The fourth-order valence-corrected chi connectivity index (χ4v) is 3.70. The van der Waals surface area contributed by atoms with E-state index in [4.69, 9.17) is 16.0 Å². The van der Waals surface area contributed by atoms with Gasteiger partial charge in [0.05, 0.1) is 23.5 Å². The molecule has 154 valence electrons. The highest BCUT2D eigenvalue weighted by molar-refractivity contribution is 6.30. The summed E-state index contributed by atoms with van der Waals surface area (Å²) in [5.41, 5.74) is 2.33. The van der Waals surface area contributed by atoms with Crippen LogP contribution in [0.1, 0.15) is 34.5 Å². The van der Waals surface area contributed by atoms with E-state index in [2.05, 4.69) is 28.2 Å². The molecule has 8 nitrogen and oxygen atoms in total. The molecule has 1 saturated heterocycles. The van der Waals surface area contributed by atoms with Gasteiger partial charge in [0.2, 0.25) is 0 Å². The number of piperazine rings is 1. The molecule has 1 fully saturated rings. The normalized spacial score (nSPS) is 15.2. The van der Waals surface area contributed by atoms with Crippen LogP contribution in [-0.4, -0.2) is 61.4 Å². The number of carbonyl (C=O) groups excluding carboxylic acids is 1. The average molecular weight is 417 g/mol. The van der Waals surface area contributed by atoms with Crippen LogP contribution in [0.2, 0.25) is 5.02 Å². The number of nitrogens with zero attached hydrogens (tertiary/aromatic N) is 6. The highest BCUT2D eigenvalue weighted by Gasteiger charge is 2.25. The van der Waals surface area contributed by atoms with E-state index in [0.717, 1.165) is 31.9 Å². The van der Waals surface area contributed by atoms with Gasteiger partial charge in [0, 0.05) is 57.2 Å². The summed E-state index contributed by atoms with van der Waals surface area (Å²) >= 11 is 5.88. The number of carbonyl (C=O) groups is 1. The maximum absolute atomic E-state index is 12.8. The third-order valence-electron chi connectivity index (χ3n) is 5.22. The Morgan fingerprint density at radius 1 is 1.14 bits per heavy atom. The first-order chi connectivity index (χ1) is 14.0. The van der Waals surface area contributed by atoms with E-state index in [-0.39, 0.29) is 5.91 Å². The lowest BCUT2D eigenvalue weighted by molar-refractivity contribution is 0.0595. The van der Waals surface area contributed by atoms with Crippen molar-refractivity contribution in [3.05, 3.63) is 58.5 Å². The number of furan rings is 1. The van der Waals surface area contributed by atoms with Crippen molar-refractivity contribution in [1.29, 1.82) is 0 Å². The molecule has 4 rings (SSSR count). The maximum atomic E-state index is 12.8. The quantitative estimate of drug-likeness (QED) is 0.617. The highest BCUT2D eigenvalue weighted by atomic mass is 35.5. The van der Waals surface area contributed by atoms with Crippen LogP contribution in [0.3, 0.4) is 0 Å². The topological polar surface area (TPSA) is 72.3 Å². The average Bonchev–Trinajstić information content (AvgIpc) is 3.43. The van der Waals surface area contributed by atoms with Crippen molar-refractivity contribution < 1.29 is 9.21 Å². The van der Waals surface area contributed by atoms with Crippen LogP contribution >= 0.6 is 11.6 Å². The van der Waals surface area contributed by atoms with Gasteiger partial charge < -0.3 is 9.32 Å². The molecule has 0 aliphatic carbocycles. The van der Waals surface area contributed by atoms with Crippen LogP contribution < -0.4 is 0 Å². The summed E-state index contributed by atoms with van der Waals surface area (Å²) < 4.78 is 9.39. The van der Waals surface area contributed by atoms with Crippen LogP contribution in [0.15, 0.2) is 35.1 Å². The van der Waals surface area contributed by atoms with Gasteiger partial charge in [-0.3, -0.25) is 19.1 Å². The Hall–Kier alpha value is -2.58. The number of amides is 1. The van der Waals surface area contributed by atoms with Gasteiger partial charge in [0.1, 0.15) is 5.76 Å². The van der Waals surface area contributed by atoms with Gasteiger partial charge in [0.25, 0.3) is 5.91 Å². The van der Waals surface area contributed by atoms with Crippen LogP contribution in [0.5, 0.6) is 0 Å². The molecule has 0 saturated carbocycles. The molecule has 9 heteroatoms. The van der Waals surface area contributed by atoms with Crippen molar-refractivity contribution in [2.75, 3.05) is 26.2 Å². The minimum atomic E-state index is -0.0654. The molecule has 0 spiro atoms. The number of rotatable bonds is 6. The molecule has 0 aromatic carbocycles. The molecule has 0 unspecified atom stereocenters. The predicted octanol–water partition coefficient (Wildman–Crippen LogP) is 2.66. The molecule has 0 atom stereocenters. The number of aromatic nitrogens is 4. The van der Waals surface area contributed by atoms with Gasteiger partial charge in [0.15, 0.2) is 5.76 Å². The predicted molar refractivity (Wildman–Crippen MR) is 109 cm³/mol. The van der Waals surface area contributed by atoms with Gasteiger partial charge in [-0.15, -0.1) is 0 Å². The molecule has 4 heterocycles. The molecule has 1 aliphatic heterocycles. The second-order valence-electron chi connectivity index (χ2n) is 7.29. The van der Waals surface area contributed by atoms with Gasteiger partial charge in [-0.05, 0) is 26.0 Å². The zero-order chi connectivity index (χ0) is 20.4. The van der Waals surface area contributed by atoms with Crippen molar-refractivity contribution in [3.8, 4) is 0 Å². The van der Waals surface area contributed by atoms with Crippen molar-refractivity contribution in [2.24, 2.45) is 0 Å². The van der Waals surface area contributed by atoms with Crippen LogP contribution in [-0.2, 0) is 19.6 Å². The molecule has 0 bridgehead atoms. The van der Waals surface area contributed by atoms with Gasteiger partial charge >= 0.3 is 0 Å². The van der Waals surface area contributed by atoms with E-state index in [1.54, 1.807) is 23.1 Å². The monoisotopic (exact) mass is 416 g/mol. The first-order valence-electron chi connectivity index (χ1n) is 9.83. The summed E-state index contributed by atoms with van der Waals surface area (Å²) in [4.78, 5) is 17.0. The number of aryl methyl sites for hydroxylation is 2. The van der Waals surface area contributed by atoms with E-state index in [0.29, 0.717) is 36.2 Å². The van der Waals surface area contributed by atoms with E-state index >= 15 is 0 Å². The van der Waals surface area contributed by atoms with Crippen LogP contribution in [0.4, 0.5) is 0 Å². The lowest BCUT2D eigenvalue weighted by Gasteiger charge is -2.34. The lowest BCUT2D eigenvalue weighted by Crippen LogP contribution is -2.48. The van der Waals surface area contributed by atoms with E-state index < -0.39 is 0 Å². The summed E-state index contributed by atoms with van der Waals surface area (Å²) in [6, 6.07) is 3.55. The molecular formula is C20H25ClN6O2. The second-order valence-corrected chi connectivity index (χ2v) is 7.72. The van der Waals surface area contributed by atoms with Crippen molar-refractivity contribution in [2.45, 2.75) is 33.5 Å². The van der Waals surface area contributed by atoms with Crippen LogP contribution in [0, 0.1) is 6.92 Å². The zero-order valence-corrected chi connectivity index (χ0v) is 17.5. The van der Waals surface area contributed by atoms with E-state index in [1.165, 1.54) is 5.56 Å². The summed E-state index contributed by atoms with van der Waals surface area (Å²) in [5.74, 6) is 0.978. The van der Waals surface area contributed by atoms with Gasteiger partial charge in [-0.2, -0.15) is 10.2 Å². The SMILES string of the molecule is CCn1cc(CN2CCN(C(=O)c3ccc(Cn4cc(Cl)cn4)o3)CC2)c(C)n1. The zero-order valence-electron chi connectivity index (χ0n) is 16.7. The lowest BCUT2D eigenvalue weighted by atomic mass is 10.2. The Morgan fingerprint density at radius 2 is 1.93 bits per heavy atom. The molecule has 1 amide bonds. The molecule has 29 heavy (non-hydrogen) atoms. The number of halogens is 1. The Kier molecular flexibility index (Phi) is 5.73. The fourth-order valence-electron chi connectivity index (χ4n) is 3.54. The maximum Gasteiger partial charge on any atom is 0.289 e. The first-order valence-corrected chi connectivity index (χ1v) is 10.2. The van der Waals surface area contributed by atoms with Crippen molar-refractivity contribution in [3.63, 3.8) is 0 Å². The standard InChI is InChI=1S/C20H25ClN6O2/c1-3-26-12-16(15(2)23-26)11-24-6-8-25(9-7-24)20(28)19-5-4-18(29-19)14-27-13-17(21)10-22-27/h4-5,10,12-13H,3,6-9,11,14H2,1-2H3. The van der Waals surface area contributed by atoms with Crippen LogP contribution in [0.25, 0.3) is 0 Å². The van der Waals surface area contributed by atoms with Crippen molar-refractivity contribution >= 4 is 17.5 Å². The van der Waals surface area contributed by atoms with Crippen molar-refractivity contribution in [1.82, 2.24) is 29.4 Å². The third-order valence-corrected chi connectivity index (χ3v) is 5.41. The van der Waals surface area contributed by atoms with Gasteiger partial charge in [-0.1, -0.05) is 11.6 Å². The highest BCUT2D eigenvalue weighted by Crippen LogP contribution is 2.16. The molecule has 3 aromatic heterocycles. The van der Waals surface area contributed by atoms with E-state index in [9.17, 15) is 4.79 Å². The summed E-state index contributed by atoms with van der Waals surface area (Å²) in [7, 11) is 0. The summed E-state index contributed by atoms with van der Waals surface area (Å²) in [6.07, 6.45) is 5.41. The number of hydrogen-bond acceptors (Lipinski definition) is 5. The molecule has 0 N–H and O–H groups in total. The third kappa shape index (κ3) is 4.54. The summed E-state index contributed by atoms with van der Waals surface area (Å²) in [5, 5.41) is 9.21. The first kappa shape index (κ1) is 19.7. The molecule has 0 radical (unpaired) electrons. The Balaban J connectivity index is 1.31. The number of hydrogen-bond donors (Lipinski definition) is 0. The fraction of sp³-hybridized carbons (Fsp3) is 0.450. The van der Waals surface area contributed by atoms with Gasteiger partial charge in [-0.25, -0.2) is 0 Å². The smallest absolute Gasteiger partial charge is 0.289 e. The minimum absolute atomic E-state index is 0.0654. The van der Waals surface area contributed by atoms with E-state index in [1.807, 2.05) is 22.6 Å². The Bertz CT molecular complexity index is 983. The summed E-state index contributed by atoms with van der Waals surface area (Å²) in [6.45, 7) is 9.36. The Morgan fingerprint density at radius 3 is 2.59 bits per heavy atom. The molecule has 1 aliphatic rings. The second kappa shape index (κ2) is 8.42. The largest absolute Gasteiger partial charge is 0.454 e.